The van der Waals surface area contributed by atoms with Crippen LogP contribution in [0.1, 0.15) is 41.5 Å². The van der Waals surface area contributed by atoms with E-state index in [9.17, 15) is 23.4 Å². The van der Waals surface area contributed by atoms with Crippen LogP contribution < -0.4 is 4.74 Å². The standard InChI is InChI=1S/C21H30O6S2/c1-7-8-14-27-16-9-11-17(12-10-16)29(25,26)21(18(23)24,19(2,3)4)20(5,6)28-15-13-22/h9-12,22H,13-15H2,1-6H3,(H,23,24). The first-order chi connectivity index (χ1) is 13.3. The molecule has 0 aliphatic rings. The Morgan fingerprint density at radius 2 is 1.69 bits per heavy atom. The highest BCUT2D eigenvalue weighted by molar-refractivity contribution is 8.02. The molecule has 0 saturated carbocycles. The SMILES string of the molecule is CC#CCOc1ccc(S(=O)(=O)C(C(=O)O)(C(C)(C)C)C(C)(C)SCCO)cc1. The Kier molecular flexibility index (Phi) is 8.23. The molecule has 8 heteroatoms. The lowest BCUT2D eigenvalue weighted by molar-refractivity contribution is -0.144. The predicted octanol–water partition coefficient (Wildman–Crippen LogP) is 3.24. The van der Waals surface area contributed by atoms with Crippen LogP contribution in [0.2, 0.25) is 0 Å². The maximum absolute atomic E-state index is 13.8. The zero-order valence-corrected chi connectivity index (χ0v) is 19.4. The van der Waals surface area contributed by atoms with Gasteiger partial charge in [-0.25, -0.2) is 8.42 Å². The summed E-state index contributed by atoms with van der Waals surface area (Å²) >= 11 is 1.13. The van der Waals surface area contributed by atoms with Gasteiger partial charge in [0.2, 0.25) is 0 Å². The number of carboxylic acids is 1. The van der Waals surface area contributed by atoms with Gasteiger partial charge >= 0.3 is 5.97 Å². The molecular formula is C21H30O6S2. The molecular weight excluding hydrogens is 412 g/mol. The second-order valence-corrected chi connectivity index (χ2v) is 11.8. The fourth-order valence-corrected chi connectivity index (χ4v) is 8.04. The van der Waals surface area contributed by atoms with E-state index < -0.39 is 30.7 Å². The van der Waals surface area contributed by atoms with Gasteiger partial charge in [-0.15, -0.1) is 5.92 Å². The summed E-state index contributed by atoms with van der Waals surface area (Å²) in [5.41, 5.74) is -1.14. The molecule has 2 N–H and O–H groups in total. The Hall–Kier alpha value is -1.69. The van der Waals surface area contributed by atoms with Crippen LogP contribution in [-0.4, -0.2) is 53.1 Å². The normalized spacial score (nSPS) is 14.4. The number of thioether (sulfide) groups is 1. The van der Waals surface area contributed by atoms with Crippen molar-refractivity contribution in [2.45, 2.75) is 55.9 Å². The van der Waals surface area contributed by atoms with E-state index in [2.05, 4.69) is 11.8 Å². The molecule has 1 aromatic carbocycles. The number of sulfone groups is 1. The zero-order valence-electron chi connectivity index (χ0n) is 17.8. The van der Waals surface area contributed by atoms with E-state index in [-0.39, 0.29) is 23.9 Å². The molecule has 29 heavy (non-hydrogen) atoms. The Morgan fingerprint density at radius 3 is 2.10 bits per heavy atom. The average molecular weight is 443 g/mol. The molecule has 0 spiro atoms. The molecule has 1 unspecified atom stereocenters. The van der Waals surface area contributed by atoms with Crippen LogP contribution in [0.15, 0.2) is 29.2 Å². The number of aliphatic hydroxyl groups excluding tert-OH is 1. The van der Waals surface area contributed by atoms with Crippen LogP contribution in [0.5, 0.6) is 5.75 Å². The highest BCUT2D eigenvalue weighted by Crippen LogP contribution is 2.53. The molecule has 0 bridgehead atoms. The van der Waals surface area contributed by atoms with Crippen LogP contribution in [0, 0.1) is 17.3 Å². The van der Waals surface area contributed by atoms with Crippen LogP contribution in [0.25, 0.3) is 0 Å². The third-order valence-electron chi connectivity index (χ3n) is 4.78. The number of hydrogen-bond acceptors (Lipinski definition) is 6. The Labute approximate surface area is 178 Å². The van der Waals surface area contributed by atoms with Crippen molar-refractivity contribution in [3.05, 3.63) is 24.3 Å². The lowest BCUT2D eigenvalue weighted by Gasteiger charge is -2.50. The van der Waals surface area contributed by atoms with Crippen molar-refractivity contribution in [3.8, 4) is 17.6 Å². The second kappa shape index (κ2) is 9.41. The minimum Gasteiger partial charge on any atom is -0.481 e. The summed E-state index contributed by atoms with van der Waals surface area (Å²) in [4.78, 5) is 12.5. The van der Waals surface area contributed by atoms with Crippen molar-refractivity contribution in [1.29, 1.82) is 0 Å². The lowest BCUT2D eigenvalue weighted by Crippen LogP contribution is -2.66. The Balaban J connectivity index is 3.62. The van der Waals surface area contributed by atoms with E-state index in [0.29, 0.717) is 5.75 Å². The molecule has 162 valence electrons. The van der Waals surface area contributed by atoms with Gasteiger partial charge in [0.25, 0.3) is 0 Å². The highest BCUT2D eigenvalue weighted by Gasteiger charge is 2.68. The van der Waals surface area contributed by atoms with Gasteiger partial charge < -0.3 is 14.9 Å². The van der Waals surface area contributed by atoms with Crippen molar-refractivity contribution in [3.63, 3.8) is 0 Å². The molecule has 0 heterocycles. The van der Waals surface area contributed by atoms with Crippen LogP contribution >= 0.6 is 11.8 Å². The first-order valence-corrected chi connectivity index (χ1v) is 11.6. The molecule has 0 amide bonds. The van der Waals surface area contributed by atoms with E-state index in [4.69, 9.17) is 4.74 Å². The number of ether oxygens (including phenoxy) is 1. The molecule has 1 aromatic rings. The maximum atomic E-state index is 13.8. The smallest absolute Gasteiger partial charge is 0.327 e. The van der Waals surface area contributed by atoms with Gasteiger partial charge in [0.05, 0.1) is 11.5 Å². The maximum Gasteiger partial charge on any atom is 0.327 e. The van der Waals surface area contributed by atoms with E-state index in [1.54, 1.807) is 41.5 Å². The number of aliphatic hydroxyl groups is 1. The molecule has 0 aromatic heterocycles. The Morgan fingerprint density at radius 1 is 1.14 bits per heavy atom. The predicted molar refractivity (Wildman–Crippen MR) is 116 cm³/mol. The highest BCUT2D eigenvalue weighted by atomic mass is 32.2. The number of benzene rings is 1. The summed E-state index contributed by atoms with van der Waals surface area (Å²) in [5.74, 6) is 4.69. The van der Waals surface area contributed by atoms with E-state index in [0.717, 1.165) is 11.8 Å². The van der Waals surface area contributed by atoms with Crippen molar-refractivity contribution in [2.75, 3.05) is 19.0 Å². The quantitative estimate of drug-likeness (QED) is 0.566. The third-order valence-corrected chi connectivity index (χ3v) is 9.32. The molecule has 1 atom stereocenters. The van der Waals surface area contributed by atoms with Crippen LogP contribution in [0.4, 0.5) is 0 Å². The van der Waals surface area contributed by atoms with Crippen molar-refractivity contribution >= 4 is 27.6 Å². The first-order valence-electron chi connectivity index (χ1n) is 9.15. The molecule has 6 nitrogen and oxygen atoms in total. The topological polar surface area (TPSA) is 101 Å². The zero-order chi connectivity index (χ0) is 22.5. The molecule has 0 radical (unpaired) electrons. The largest absolute Gasteiger partial charge is 0.481 e. The van der Waals surface area contributed by atoms with Gasteiger partial charge in [-0.2, -0.15) is 11.8 Å². The van der Waals surface area contributed by atoms with Crippen LogP contribution in [0.3, 0.4) is 0 Å². The number of carboxylic acid groups (broad SMARTS) is 1. The number of carbonyl (C=O) groups is 1. The van der Waals surface area contributed by atoms with Crippen molar-refractivity contribution in [1.82, 2.24) is 0 Å². The summed E-state index contributed by atoms with van der Waals surface area (Å²) in [7, 11) is -4.34. The molecule has 0 aliphatic carbocycles. The fraction of sp³-hybridized carbons (Fsp3) is 0.571. The monoisotopic (exact) mass is 442 g/mol. The summed E-state index contributed by atoms with van der Waals surface area (Å²) in [6.45, 7) is 9.72. The van der Waals surface area contributed by atoms with Gasteiger partial charge in [-0.3, -0.25) is 4.79 Å². The van der Waals surface area contributed by atoms with E-state index in [1.165, 1.54) is 24.3 Å². The minimum absolute atomic E-state index is 0.0959. The van der Waals surface area contributed by atoms with Crippen molar-refractivity contribution < 1.29 is 28.2 Å². The lowest BCUT2D eigenvalue weighted by atomic mass is 9.72. The summed E-state index contributed by atoms with van der Waals surface area (Å²) in [6.07, 6.45) is 0. The third kappa shape index (κ3) is 4.73. The van der Waals surface area contributed by atoms with Crippen LogP contribution in [-0.2, 0) is 14.6 Å². The number of aliphatic carboxylic acids is 1. The molecule has 1 rings (SSSR count). The van der Waals surface area contributed by atoms with Gasteiger partial charge in [-0.05, 0) is 50.5 Å². The fourth-order valence-electron chi connectivity index (χ4n) is 3.81. The van der Waals surface area contributed by atoms with Gasteiger partial charge in [-0.1, -0.05) is 26.7 Å². The van der Waals surface area contributed by atoms with Gasteiger partial charge in [0, 0.05) is 10.5 Å². The number of rotatable bonds is 9. The Bertz CT molecular complexity index is 870. The average Bonchev–Trinajstić information content (AvgIpc) is 2.59. The second-order valence-electron chi connectivity index (χ2n) is 8.01. The van der Waals surface area contributed by atoms with Gasteiger partial charge in [0.1, 0.15) is 12.4 Å². The molecule has 0 aliphatic heterocycles. The summed E-state index contributed by atoms with van der Waals surface area (Å²) in [6, 6.07) is 5.71. The minimum atomic E-state index is -4.34. The summed E-state index contributed by atoms with van der Waals surface area (Å²) < 4.78 is 29.6. The molecule has 0 saturated heterocycles. The van der Waals surface area contributed by atoms with E-state index >= 15 is 0 Å². The summed E-state index contributed by atoms with van der Waals surface area (Å²) in [5, 5.41) is 19.5. The number of hydrogen-bond donors (Lipinski definition) is 2. The molecule has 0 fully saturated rings. The van der Waals surface area contributed by atoms with Gasteiger partial charge in [0.15, 0.2) is 14.6 Å². The first kappa shape index (κ1) is 25.3. The van der Waals surface area contributed by atoms with E-state index in [1.807, 2.05) is 0 Å². The van der Waals surface area contributed by atoms with Crippen molar-refractivity contribution in [2.24, 2.45) is 5.41 Å².